The lowest BCUT2D eigenvalue weighted by Crippen LogP contribution is -2.51. The van der Waals surface area contributed by atoms with Gasteiger partial charge in [0.25, 0.3) is 0 Å². The maximum absolute atomic E-state index is 12.8. The molecule has 21 heavy (non-hydrogen) atoms. The molecule has 1 aliphatic rings. The lowest BCUT2D eigenvalue weighted by atomic mass is 10.1. The van der Waals surface area contributed by atoms with E-state index >= 15 is 0 Å². The molecule has 1 aliphatic heterocycles. The fraction of sp³-hybridized carbons (Fsp3) is 0.600. The maximum atomic E-state index is 12.8. The van der Waals surface area contributed by atoms with E-state index < -0.39 is 10.0 Å². The number of nitrogens with one attached hydrogen (secondary N) is 1. The monoisotopic (exact) mass is 311 g/mol. The molecule has 1 heterocycles. The molecule has 1 aromatic rings. The summed E-state index contributed by atoms with van der Waals surface area (Å²) >= 11 is 0. The molecular formula is C15H25N3O2S. The predicted molar refractivity (Wildman–Crippen MR) is 84.8 cm³/mol. The lowest BCUT2D eigenvalue weighted by molar-refractivity contribution is 0.159. The van der Waals surface area contributed by atoms with Crippen LogP contribution in [0, 0.1) is 0 Å². The molecular weight excluding hydrogens is 286 g/mol. The van der Waals surface area contributed by atoms with Crippen molar-refractivity contribution in [1.82, 2.24) is 14.5 Å². The molecule has 2 atom stereocenters. The Hall–Kier alpha value is -0.950. The van der Waals surface area contributed by atoms with Gasteiger partial charge in [-0.15, -0.1) is 0 Å². The van der Waals surface area contributed by atoms with Crippen molar-refractivity contribution in [2.45, 2.75) is 30.8 Å². The van der Waals surface area contributed by atoms with Crippen molar-refractivity contribution in [3.8, 4) is 0 Å². The molecule has 0 radical (unpaired) electrons. The standard InChI is InChI=1S/C15H25N3O2S/c1-12-11-18(9-8-17(12)4)21(19,20)15-7-5-6-14(10-15)13(2)16-3/h5-7,10,12-13,16H,8-9,11H2,1-4H3. The summed E-state index contributed by atoms with van der Waals surface area (Å²) in [6.45, 7) is 5.94. The molecule has 1 aromatic carbocycles. The lowest BCUT2D eigenvalue weighted by Gasteiger charge is -2.36. The number of rotatable bonds is 4. The Balaban J connectivity index is 2.27. The van der Waals surface area contributed by atoms with Crippen LogP contribution in [-0.2, 0) is 10.0 Å². The van der Waals surface area contributed by atoms with Crippen LogP contribution in [0.2, 0.25) is 0 Å². The fourth-order valence-corrected chi connectivity index (χ4v) is 4.06. The second kappa shape index (κ2) is 6.44. The SMILES string of the molecule is CNC(C)c1cccc(S(=O)(=O)N2CCN(C)C(C)C2)c1. The second-order valence-electron chi connectivity index (χ2n) is 5.78. The first-order valence-corrected chi connectivity index (χ1v) is 8.78. The van der Waals surface area contributed by atoms with E-state index in [1.165, 1.54) is 0 Å². The summed E-state index contributed by atoms with van der Waals surface area (Å²) in [5.41, 5.74) is 0.987. The Bertz CT molecular complexity index is 588. The van der Waals surface area contributed by atoms with E-state index in [0.717, 1.165) is 12.1 Å². The molecule has 1 N–H and O–H groups in total. The molecule has 0 amide bonds. The zero-order valence-electron chi connectivity index (χ0n) is 13.2. The zero-order valence-corrected chi connectivity index (χ0v) is 14.0. The minimum absolute atomic E-state index is 0.131. The number of benzene rings is 1. The third-order valence-electron chi connectivity index (χ3n) is 4.35. The minimum Gasteiger partial charge on any atom is -0.313 e. The molecule has 1 fully saturated rings. The molecule has 0 spiro atoms. The van der Waals surface area contributed by atoms with E-state index in [1.54, 1.807) is 16.4 Å². The molecule has 0 saturated carbocycles. The Morgan fingerprint density at radius 1 is 1.33 bits per heavy atom. The summed E-state index contributed by atoms with van der Waals surface area (Å²) in [5.74, 6) is 0. The molecule has 1 saturated heterocycles. The van der Waals surface area contributed by atoms with E-state index in [-0.39, 0.29) is 12.1 Å². The Morgan fingerprint density at radius 2 is 2.05 bits per heavy atom. The first-order chi connectivity index (χ1) is 9.86. The van der Waals surface area contributed by atoms with E-state index in [2.05, 4.69) is 17.1 Å². The minimum atomic E-state index is -3.40. The Kier molecular flexibility index (Phi) is 5.03. The van der Waals surface area contributed by atoms with Crippen LogP contribution in [0.5, 0.6) is 0 Å². The highest BCUT2D eigenvalue weighted by atomic mass is 32.2. The summed E-state index contributed by atoms with van der Waals surface area (Å²) in [7, 11) is 0.497. The summed E-state index contributed by atoms with van der Waals surface area (Å²) in [6, 6.07) is 7.60. The summed E-state index contributed by atoms with van der Waals surface area (Å²) < 4.78 is 27.2. The van der Waals surface area contributed by atoms with Gasteiger partial charge in [-0.3, -0.25) is 0 Å². The van der Waals surface area contributed by atoms with Crippen LogP contribution in [0.4, 0.5) is 0 Å². The highest BCUT2D eigenvalue weighted by Gasteiger charge is 2.30. The third kappa shape index (κ3) is 3.45. The number of likely N-dealkylation sites (N-methyl/N-ethyl adjacent to an activating group) is 1. The number of hydrogen-bond acceptors (Lipinski definition) is 4. The molecule has 5 nitrogen and oxygen atoms in total. The highest BCUT2D eigenvalue weighted by Crippen LogP contribution is 2.22. The van der Waals surface area contributed by atoms with E-state index in [0.29, 0.717) is 18.0 Å². The van der Waals surface area contributed by atoms with Gasteiger partial charge in [0.15, 0.2) is 0 Å². The largest absolute Gasteiger partial charge is 0.313 e. The zero-order chi connectivity index (χ0) is 15.6. The fourth-order valence-electron chi connectivity index (χ4n) is 2.49. The van der Waals surface area contributed by atoms with Crippen molar-refractivity contribution in [1.29, 1.82) is 0 Å². The Morgan fingerprint density at radius 3 is 2.67 bits per heavy atom. The van der Waals surface area contributed by atoms with Crippen molar-refractivity contribution >= 4 is 10.0 Å². The summed E-state index contributed by atoms with van der Waals surface area (Å²) in [4.78, 5) is 2.57. The molecule has 0 bridgehead atoms. The van der Waals surface area contributed by atoms with Gasteiger partial charge in [-0.2, -0.15) is 4.31 Å². The van der Waals surface area contributed by atoms with Crippen LogP contribution in [0.1, 0.15) is 25.5 Å². The smallest absolute Gasteiger partial charge is 0.243 e. The maximum Gasteiger partial charge on any atom is 0.243 e. The van der Waals surface area contributed by atoms with Gasteiger partial charge in [0.05, 0.1) is 4.90 Å². The van der Waals surface area contributed by atoms with Gasteiger partial charge in [0.1, 0.15) is 0 Å². The van der Waals surface area contributed by atoms with Gasteiger partial charge in [-0.25, -0.2) is 8.42 Å². The van der Waals surface area contributed by atoms with Gasteiger partial charge in [0.2, 0.25) is 10.0 Å². The normalized spacial score (nSPS) is 23.1. The third-order valence-corrected chi connectivity index (χ3v) is 6.21. The average molecular weight is 311 g/mol. The Labute approximate surface area is 128 Å². The first kappa shape index (κ1) is 16.4. The van der Waals surface area contributed by atoms with Crippen LogP contribution in [0.25, 0.3) is 0 Å². The first-order valence-electron chi connectivity index (χ1n) is 7.34. The molecule has 2 unspecified atom stereocenters. The van der Waals surface area contributed by atoms with Gasteiger partial charge in [-0.05, 0) is 45.6 Å². The molecule has 118 valence electrons. The number of sulfonamides is 1. The van der Waals surface area contributed by atoms with Crippen molar-refractivity contribution in [2.24, 2.45) is 0 Å². The van der Waals surface area contributed by atoms with Crippen LogP contribution < -0.4 is 5.32 Å². The van der Waals surface area contributed by atoms with Crippen molar-refractivity contribution in [3.63, 3.8) is 0 Å². The number of nitrogens with zero attached hydrogens (tertiary/aromatic N) is 2. The van der Waals surface area contributed by atoms with E-state index in [4.69, 9.17) is 0 Å². The van der Waals surface area contributed by atoms with Gasteiger partial charge < -0.3 is 10.2 Å². The molecule has 2 rings (SSSR count). The van der Waals surface area contributed by atoms with Crippen LogP contribution >= 0.6 is 0 Å². The van der Waals surface area contributed by atoms with Gasteiger partial charge >= 0.3 is 0 Å². The topological polar surface area (TPSA) is 52.7 Å². The van der Waals surface area contributed by atoms with Crippen molar-refractivity contribution in [2.75, 3.05) is 33.7 Å². The average Bonchev–Trinajstić information content (AvgIpc) is 2.49. The summed E-state index contributed by atoms with van der Waals surface area (Å²) in [5, 5.41) is 3.14. The number of hydrogen-bond donors (Lipinski definition) is 1. The van der Waals surface area contributed by atoms with Crippen LogP contribution in [0.3, 0.4) is 0 Å². The molecule has 0 aliphatic carbocycles. The molecule has 0 aromatic heterocycles. The highest BCUT2D eigenvalue weighted by molar-refractivity contribution is 7.89. The van der Waals surface area contributed by atoms with Crippen LogP contribution in [-0.4, -0.2) is 57.4 Å². The summed E-state index contributed by atoms with van der Waals surface area (Å²) in [6.07, 6.45) is 0. The number of piperazine rings is 1. The van der Waals surface area contributed by atoms with Crippen LogP contribution in [0.15, 0.2) is 29.2 Å². The van der Waals surface area contributed by atoms with Crippen molar-refractivity contribution < 1.29 is 8.42 Å². The van der Waals surface area contributed by atoms with Gasteiger partial charge in [-0.1, -0.05) is 12.1 Å². The van der Waals surface area contributed by atoms with E-state index in [9.17, 15) is 8.42 Å². The van der Waals surface area contributed by atoms with E-state index in [1.807, 2.05) is 33.2 Å². The quantitative estimate of drug-likeness (QED) is 0.910. The van der Waals surface area contributed by atoms with Crippen molar-refractivity contribution in [3.05, 3.63) is 29.8 Å². The second-order valence-corrected chi connectivity index (χ2v) is 7.71. The predicted octanol–water partition coefficient (Wildman–Crippen LogP) is 1.29. The molecule has 6 heteroatoms. The van der Waals surface area contributed by atoms with Gasteiger partial charge in [0, 0.05) is 31.7 Å².